The lowest BCUT2D eigenvalue weighted by Gasteiger charge is -2.39. The second-order valence-electron chi connectivity index (χ2n) is 7.45. The minimum absolute atomic E-state index is 0.0208. The Bertz CT molecular complexity index is 655. The molecule has 0 aromatic carbocycles. The van der Waals surface area contributed by atoms with Crippen molar-refractivity contribution in [3.05, 3.63) is 0 Å². The number of carboxylic acids is 2. The predicted molar refractivity (Wildman–Crippen MR) is 97.9 cm³/mol. The minimum Gasteiger partial charge on any atom is -0.481 e. The highest BCUT2D eigenvalue weighted by atomic mass is 19.4. The lowest BCUT2D eigenvalue weighted by Crippen LogP contribution is -2.53. The standard InChI is InChI=1S/C19H26F6O8/c1-11(32-15(30)18(20,21)22)17(14(28)29,12(2)33-16(31)19(23,24)25)10-8-6-4-3-5-7-9-13(26)27/h11-12H,3-10H2,1-2H3,(H,26,27)(H,28,29). The summed E-state index contributed by atoms with van der Waals surface area (Å²) in [6.45, 7) is 1.53. The Balaban J connectivity index is 5.48. The summed E-state index contributed by atoms with van der Waals surface area (Å²) in [6.07, 6.45) is -13.5. The van der Waals surface area contributed by atoms with Crippen molar-refractivity contribution in [2.75, 3.05) is 0 Å². The third-order valence-corrected chi connectivity index (χ3v) is 5.11. The Labute approximate surface area is 185 Å². The van der Waals surface area contributed by atoms with Gasteiger partial charge in [-0.2, -0.15) is 26.3 Å². The van der Waals surface area contributed by atoms with Crippen molar-refractivity contribution in [1.29, 1.82) is 0 Å². The largest absolute Gasteiger partial charge is 0.490 e. The van der Waals surface area contributed by atoms with E-state index in [-0.39, 0.29) is 12.8 Å². The van der Waals surface area contributed by atoms with Crippen molar-refractivity contribution in [2.45, 2.75) is 89.8 Å². The number of alkyl halides is 6. The van der Waals surface area contributed by atoms with Crippen LogP contribution in [0.15, 0.2) is 0 Å². The Kier molecular flexibility index (Phi) is 11.7. The summed E-state index contributed by atoms with van der Waals surface area (Å²) in [4.78, 5) is 44.9. The van der Waals surface area contributed by atoms with Crippen molar-refractivity contribution < 1.29 is 65.2 Å². The number of aliphatic carboxylic acids is 2. The van der Waals surface area contributed by atoms with Crippen LogP contribution in [0.4, 0.5) is 26.3 Å². The van der Waals surface area contributed by atoms with Crippen LogP contribution in [0.25, 0.3) is 0 Å². The summed E-state index contributed by atoms with van der Waals surface area (Å²) in [5, 5.41) is 18.3. The van der Waals surface area contributed by atoms with Crippen molar-refractivity contribution in [1.82, 2.24) is 0 Å². The van der Waals surface area contributed by atoms with E-state index in [1.54, 1.807) is 0 Å². The van der Waals surface area contributed by atoms with Gasteiger partial charge in [-0.05, 0) is 26.7 Å². The molecule has 0 rings (SSSR count). The van der Waals surface area contributed by atoms with Crippen LogP contribution in [-0.4, -0.2) is 58.7 Å². The molecule has 0 saturated heterocycles. The van der Waals surface area contributed by atoms with Crippen molar-refractivity contribution in [3.63, 3.8) is 0 Å². The van der Waals surface area contributed by atoms with Crippen molar-refractivity contribution >= 4 is 23.9 Å². The van der Waals surface area contributed by atoms with Crippen molar-refractivity contribution in [2.24, 2.45) is 5.41 Å². The van der Waals surface area contributed by atoms with E-state index in [1.165, 1.54) is 0 Å². The lowest BCUT2D eigenvalue weighted by atomic mass is 9.73. The Morgan fingerprint density at radius 1 is 0.697 bits per heavy atom. The number of carbonyl (C=O) groups is 4. The first-order chi connectivity index (χ1) is 15.0. The van der Waals surface area contributed by atoms with E-state index in [0.29, 0.717) is 32.1 Å². The molecule has 0 fully saturated rings. The Hall–Kier alpha value is -2.54. The van der Waals surface area contributed by atoms with Gasteiger partial charge in [0.15, 0.2) is 0 Å². The molecule has 0 heterocycles. The van der Waals surface area contributed by atoms with E-state index in [4.69, 9.17) is 5.11 Å². The van der Waals surface area contributed by atoms with E-state index in [1.807, 2.05) is 0 Å². The summed E-state index contributed by atoms with van der Waals surface area (Å²) >= 11 is 0. The second kappa shape index (κ2) is 12.6. The molecule has 8 nitrogen and oxygen atoms in total. The van der Waals surface area contributed by atoms with E-state index in [2.05, 4.69) is 9.47 Å². The van der Waals surface area contributed by atoms with E-state index in [0.717, 1.165) is 13.8 Å². The summed E-state index contributed by atoms with van der Waals surface area (Å²) in [6, 6.07) is 0. The second-order valence-corrected chi connectivity index (χ2v) is 7.45. The average Bonchev–Trinajstić information content (AvgIpc) is 2.64. The molecule has 2 N–H and O–H groups in total. The molecule has 0 radical (unpaired) electrons. The number of unbranched alkanes of at least 4 members (excludes halogenated alkanes) is 5. The van der Waals surface area contributed by atoms with Crippen LogP contribution in [0.2, 0.25) is 0 Å². The van der Waals surface area contributed by atoms with Gasteiger partial charge in [0.25, 0.3) is 0 Å². The molecule has 192 valence electrons. The average molecular weight is 496 g/mol. The predicted octanol–water partition coefficient (Wildman–Crippen LogP) is 4.25. The first-order valence-corrected chi connectivity index (χ1v) is 9.97. The third-order valence-electron chi connectivity index (χ3n) is 5.11. The third kappa shape index (κ3) is 9.86. The number of esters is 2. The zero-order chi connectivity index (χ0) is 26.0. The van der Waals surface area contributed by atoms with E-state index >= 15 is 0 Å². The monoisotopic (exact) mass is 496 g/mol. The van der Waals surface area contributed by atoms with Crippen LogP contribution in [-0.2, 0) is 28.7 Å². The highest BCUT2D eigenvalue weighted by Crippen LogP contribution is 2.39. The number of carboxylic acid groups (broad SMARTS) is 2. The molecule has 0 amide bonds. The molecule has 0 aliphatic heterocycles. The van der Waals surface area contributed by atoms with Gasteiger partial charge in [-0.3, -0.25) is 9.59 Å². The van der Waals surface area contributed by atoms with Crippen LogP contribution in [0.5, 0.6) is 0 Å². The van der Waals surface area contributed by atoms with Crippen LogP contribution < -0.4 is 0 Å². The quantitative estimate of drug-likeness (QED) is 0.208. The molecule has 2 unspecified atom stereocenters. The first kappa shape index (κ1) is 30.5. The first-order valence-electron chi connectivity index (χ1n) is 9.97. The van der Waals surface area contributed by atoms with Gasteiger partial charge in [-0.15, -0.1) is 0 Å². The molecular formula is C19H26F6O8. The van der Waals surface area contributed by atoms with E-state index < -0.39 is 60.3 Å². The molecule has 2 atom stereocenters. The van der Waals surface area contributed by atoms with Gasteiger partial charge >= 0.3 is 36.2 Å². The smallest absolute Gasteiger partial charge is 0.481 e. The van der Waals surface area contributed by atoms with Crippen LogP contribution in [0.3, 0.4) is 0 Å². The normalized spacial score (nSPS) is 15.8. The Morgan fingerprint density at radius 2 is 1.06 bits per heavy atom. The van der Waals surface area contributed by atoms with Gasteiger partial charge < -0.3 is 19.7 Å². The molecule has 0 saturated carbocycles. The Morgan fingerprint density at radius 3 is 1.39 bits per heavy atom. The molecule has 14 heteroatoms. The SMILES string of the molecule is CC(OC(=O)C(F)(F)F)C(CCCCCCCCC(=O)O)(C(=O)O)C(C)OC(=O)C(F)(F)F. The number of halogens is 6. The number of ether oxygens (including phenoxy) is 2. The molecule has 0 aromatic rings. The van der Waals surface area contributed by atoms with Gasteiger partial charge in [0.1, 0.15) is 17.6 Å². The maximum Gasteiger partial charge on any atom is 0.490 e. The van der Waals surface area contributed by atoms with Gasteiger partial charge in [0.05, 0.1) is 0 Å². The molecule has 0 aliphatic rings. The number of hydrogen-bond donors (Lipinski definition) is 2. The van der Waals surface area contributed by atoms with Crippen LogP contribution >= 0.6 is 0 Å². The minimum atomic E-state index is -5.49. The summed E-state index contributed by atoms with van der Waals surface area (Å²) in [5.74, 6) is -8.36. The lowest BCUT2D eigenvalue weighted by molar-refractivity contribution is -0.226. The summed E-state index contributed by atoms with van der Waals surface area (Å²) < 4.78 is 83.8. The van der Waals surface area contributed by atoms with Crippen LogP contribution in [0.1, 0.15) is 65.2 Å². The van der Waals surface area contributed by atoms with E-state index in [9.17, 15) is 50.6 Å². The van der Waals surface area contributed by atoms with Crippen molar-refractivity contribution in [3.8, 4) is 0 Å². The fourth-order valence-electron chi connectivity index (χ4n) is 3.26. The number of hydrogen-bond acceptors (Lipinski definition) is 6. The molecule has 33 heavy (non-hydrogen) atoms. The zero-order valence-electron chi connectivity index (χ0n) is 17.9. The van der Waals surface area contributed by atoms with Gasteiger partial charge in [0.2, 0.25) is 0 Å². The zero-order valence-corrected chi connectivity index (χ0v) is 17.9. The maximum atomic E-state index is 12.6. The number of rotatable bonds is 14. The van der Waals surface area contributed by atoms with Gasteiger partial charge in [-0.1, -0.05) is 32.1 Å². The topological polar surface area (TPSA) is 127 Å². The van der Waals surface area contributed by atoms with Crippen LogP contribution in [0, 0.1) is 5.41 Å². The molecule has 0 bridgehead atoms. The fraction of sp³-hybridized carbons (Fsp3) is 0.789. The maximum absolute atomic E-state index is 12.6. The molecule has 0 aromatic heterocycles. The van der Waals surface area contributed by atoms with Gasteiger partial charge in [-0.25, -0.2) is 9.59 Å². The summed E-state index contributed by atoms with van der Waals surface area (Å²) in [7, 11) is 0. The molecular weight excluding hydrogens is 470 g/mol. The highest BCUT2D eigenvalue weighted by molar-refractivity contribution is 5.80. The number of carbonyl (C=O) groups excluding carboxylic acids is 2. The highest BCUT2D eigenvalue weighted by Gasteiger charge is 2.55. The fourth-order valence-corrected chi connectivity index (χ4v) is 3.26. The van der Waals surface area contributed by atoms with Gasteiger partial charge in [0, 0.05) is 6.42 Å². The molecule has 0 spiro atoms. The molecule has 0 aliphatic carbocycles. The summed E-state index contributed by atoms with van der Waals surface area (Å²) in [5.41, 5.74) is -2.59.